The third-order valence-corrected chi connectivity index (χ3v) is 3.43. The van der Waals surface area contributed by atoms with Gasteiger partial charge in [-0.25, -0.2) is 8.78 Å². The van der Waals surface area contributed by atoms with Crippen LogP contribution in [-0.4, -0.2) is 29.3 Å². The molecule has 2 fully saturated rings. The Morgan fingerprint density at radius 1 is 1.44 bits per heavy atom. The molecule has 92 valence electrons. The van der Waals surface area contributed by atoms with Gasteiger partial charge in [-0.3, -0.25) is 4.79 Å². The summed E-state index contributed by atoms with van der Waals surface area (Å²) in [4.78, 5) is 13.7. The molecule has 0 saturated heterocycles. The van der Waals surface area contributed by atoms with Crippen molar-refractivity contribution in [3.05, 3.63) is 0 Å². The van der Waals surface area contributed by atoms with E-state index < -0.39 is 11.8 Å². The molecule has 2 nitrogen and oxygen atoms in total. The number of alkyl halides is 2. The Labute approximate surface area is 95.0 Å². The van der Waals surface area contributed by atoms with Crippen LogP contribution < -0.4 is 0 Å². The van der Waals surface area contributed by atoms with Crippen molar-refractivity contribution < 1.29 is 13.6 Å². The van der Waals surface area contributed by atoms with Crippen molar-refractivity contribution in [3.8, 4) is 0 Å². The van der Waals surface area contributed by atoms with Crippen molar-refractivity contribution in [3.63, 3.8) is 0 Å². The minimum Gasteiger partial charge on any atom is -0.340 e. The van der Waals surface area contributed by atoms with E-state index in [9.17, 15) is 13.6 Å². The molecular weight excluding hydrogens is 212 g/mol. The summed E-state index contributed by atoms with van der Waals surface area (Å²) in [5, 5.41) is 0. The summed E-state index contributed by atoms with van der Waals surface area (Å²) in [6.45, 7) is 2.82. The van der Waals surface area contributed by atoms with E-state index in [2.05, 4.69) is 0 Å². The van der Waals surface area contributed by atoms with E-state index in [4.69, 9.17) is 0 Å². The fourth-order valence-electron chi connectivity index (χ4n) is 2.16. The highest BCUT2D eigenvalue weighted by atomic mass is 19.3. The Kier molecular flexibility index (Phi) is 3.17. The first-order chi connectivity index (χ1) is 7.54. The van der Waals surface area contributed by atoms with Gasteiger partial charge in [-0.05, 0) is 25.7 Å². The van der Waals surface area contributed by atoms with E-state index in [0.717, 1.165) is 25.8 Å². The van der Waals surface area contributed by atoms with Gasteiger partial charge in [-0.1, -0.05) is 6.92 Å². The molecule has 0 aromatic rings. The highest BCUT2D eigenvalue weighted by molar-refractivity contribution is 5.76. The third-order valence-electron chi connectivity index (χ3n) is 3.43. The molecule has 2 aliphatic rings. The van der Waals surface area contributed by atoms with Crippen molar-refractivity contribution in [2.45, 2.75) is 57.4 Å². The van der Waals surface area contributed by atoms with Crippen LogP contribution in [-0.2, 0) is 4.79 Å². The van der Waals surface area contributed by atoms with Gasteiger partial charge in [0.1, 0.15) is 0 Å². The number of amides is 1. The van der Waals surface area contributed by atoms with Crippen LogP contribution in [0, 0.1) is 5.92 Å². The second-order valence-electron chi connectivity index (χ2n) is 5.02. The van der Waals surface area contributed by atoms with Crippen LogP contribution in [0.25, 0.3) is 0 Å². The average molecular weight is 231 g/mol. The summed E-state index contributed by atoms with van der Waals surface area (Å²) < 4.78 is 25.3. The Balaban J connectivity index is 1.73. The first-order valence-corrected chi connectivity index (χ1v) is 6.22. The van der Waals surface area contributed by atoms with Gasteiger partial charge in [-0.2, -0.15) is 0 Å². The number of carbonyl (C=O) groups excluding carboxylic acids is 1. The van der Waals surface area contributed by atoms with Crippen LogP contribution in [0.4, 0.5) is 8.78 Å². The average Bonchev–Trinajstić information content (AvgIpc) is 3.09. The molecule has 0 bridgehead atoms. The topological polar surface area (TPSA) is 20.3 Å². The van der Waals surface area contributed by atoms with Crippen molar-refractivity contribution in [2.24, 2.45) is 5.92 Å². The summed E-state index contributed by atoms with van der Waals surface area (Å²) in [5.41, 5.74) is 0. The molecule has 0 spiro atoms. The quantitative estimate of drug-likeness (QED) is 0.688. The number of halogens is 2. The van der Waals surface area contributed by atoms with Gasteiger partial charge in [0.05, 0.1) is 0 Å². The normalized spacial score (nSPS) is 26.6. The van der Waals surface area contributed by atoms with Crippen LogP contribution in [0.1, 0.15) is 45.4 Å². The lowest BCUT2D eigenvalue weighted by atomic mass is 10.2. The Hall–Kier alpha value is -0.670. The molecule has 2 saturated carbocycles. The molecule has 0 radical (unpaired) electrons. The number of carbonyl (C=O) groups is 1. The maximum absolute atomic E-state index is 12.6. The van der Waals surface area contributed by atoms with Crippen LogP contribution in [0.5, 0.6) is 0 Å². The number of rotatable bonds is 6. The molecule has 1 atom stereocenters. The van der Waals surface area contributed by atoms with Crippen molar-refractivity contribution in [1.29, 1.82) is 0 Å². The zero-order valence-electron chi connectivity index (χ0n) is 9.72. The zero-order valence-corrected chi connectivity index (χ0v) is 9.72. The van der Waals surface area contributed by atoms with Gasteiger partial charge in [0, 0.05) is 31.3 Å². The summed E-state index contributed by atoms with van der Waals surface area (Å²) in [5.74, 6) is -2.93. The molecule has 0 aliphatic heterocycles. The highest BCUT2D eigenvalue weighted by Crippen LogP contribution is 2.51. The Bertz CT molecular complexity index is 276. The van der Waals surface area contributed by atoms with Crippen LogP contribution in [0.3, 0.4) is 0 Å². The smallest absolute Gasteiger partial charge is 0.251 e. The van der Waals surface area contributed by atoms with Crippen molar-refractivity contribution in [2.75, 3.05) is 6.54 Å². The van der Waals surface area contributed by atoms with Crippen molar-refractivity contribution >= 4 is 5.91 Å². The first-order valence-electron chi connectivity index (χ1n) is 6.22. The summed E-state index contributed by atoms with van der Waals surface area (Å²) >= 11 is 0. The second kappa shape index (κ2) is 4.30. The van der Waals surface area contributed by atoms with E-state index in [1.807, 2.05) is 11.8 Å². The minimum atomic E-state index is -2.48. The van der Waals surface area contributed by atoms with E-state index in [1.165, 1.54) is 0 Å². The zero-order chi connectivity index (χ0) is 11.8. The molecular formula is C12H19F2NO. The lowest BCUT2D eigenvalue weighted by molar-refractivity contribution is -0.132. The predicted molar refractivity (Wildman–Crippen MR) is 57.3 cm³/mol. The Morgan fingerprint density at radius 3 is 2.50 bits per heavy atom. The monoisotopic (exact) mass is 231 g/mol. The molecule has 0 aromatic carbocycles. The van der Waals surface area contributed by atoms with E-state index in [1.54, 1.807) is 0 Å². The fourth-order valence-corrected chi connectivity index (χ4v) is 2.16. The largest absolute Gasteiger partial charge is 0.340 e. The van der Waals surface area contributed by atoms with Crippen LogP contribution in [0.2, 0.25) is 0 Å². The summed E-state index contributed by atoms with van der Waals surface area (Å²) in [7, 11) is 0. The SMILES string of the molecule is CCCN(C(=O)CCC1CC1(F)F)C1CC1. The molecule has 2 aliphatic carbocycles. The summed E-state index contributed by atoms with van der Waals surface area (Å²) in [6, 6.07) is 0.409. The van der Waals surface area contributed by atoms with Gasteiger partial charge in [-0.15, -0.1) is 0 Å². The summed E-state index contributed by atoms with van der Waals surface area (Å²) in [6.07, 6.45) is 3.77. The molecule has 2 rings (SSSR count). The van der Waals surface area contributed by atoms with Gasteiger partial charge >= 0.3 is 0 Å². The number of nitrogens with zero attached hydrogens (tertiary/aromatic N) is 1. The molecule has 0 aromatic heterocycles. The Morgan fingerprint density at radius 2 is 2.06 bits per heavy atom. The highest BCUT2D eigenvalue weighted by Gasteiger charge is 2.56. The molecule has 16 heavy (non-hydrogen) atoms. The maximum Gasteiger partial charge on any atom is 0.251 e. The predicted octanol–water partition coefficient (Wildman–Crippen LogP) is 2.82. The first kappa shape index (κ1) is 11.8. The standard InChI is InChI=1S/C12H19F2NO/c1-2-7-15(10-4-5-10)11(16)6-3-9-8-12(9,13)14/h9-10H,2-8H2,1H3. The van der Waals surface area contributed by atoms with Gasteiger partial charge in [0.25, 0.3) is 5.92 Å². The molecule has 0 heterocycles. The minimum absolute atomic E-state index is 0.0164. The molecule has 1 amide bonds. The molecule has 0 N–H and O–H groups in total. The van der Waals surface area contributed by atoms with E-state index >= 15 is 0 Å². The number of hydrogen-bond donors (Lipinski definition) is 0. The number of hydrogen-bond acceptors (Lipinski definition) is 1. The fraction of sp³-hybridized carbons (Fsp3) is 0.917. The third kappa shape index (κ3) is 2.71. The van der Waals surface area contributed by atoms with Crippen molar-refractivity contribution in [1.82, 2.24) is 4.90 Å². The van der Waals surface area contributed by atoms with Gasteiger partial charge < -0.3 is 4.90 Å². The lowest BCUT2D eigenvalue weighted by Crippen LogP contribution is -2.33. The van der Waals surface area contributed by atoms with Gasteiger partial charge in [0.2, 0.25) is 5.91 Å². The maximum atomic E-state index is 12.6. The second-order valence-corrected chi connectivity index (χ2v) is 5.02. The van der Waals surface area contributed by atoms with Crippen LogP contribution in [0.15, 0.2) is 0 Å². The molecule has 4 heteroatoms. The van der Waals surface area contributed by atoms with E-state index in [0.29, 0.717) is 18.9 Å². The lowest BCUT2D eigenvalue weighted by Gasteiger charge is -2.21. The van der Waals surface area contributed by atoms with Crippen LogP contribution >= 0.6 is 0 Å². The van der Waals surface area contributed by atoms with E-state index in [-0.39, 0.29) is 12.3 Å². The molecule has 1 unspecified atom stereocenters. The van der Waals surface area contributed by atoms with Gasteiger partial charge in [0.15, 0.2) is 0 Å².